The van der Waals surface area contributed by atoms with Crippen LogP contribution in [0.1, 0.15) is 18.1 Å². The highest BCUT2D eigenvalue weighted by Gasteiger charge is 2.13. The Bertz CT molecular complexity index is 631. The number of anilines is 1. The van der Waals surface area contributed by atoms with Crippen molar-refractivity contribution in [2.75, 3.05) is 11.9 Å². The first-order valence-corrected chi connectivity index (χ1v) is 7.51. The number of nitro groups is 1. The molecule has 6 nitrogen and oxygen atoms in total. The van der Waals surface area contributed by atoms with Crippen LogP contribution in [0.4, 0.5) is 11.4 Å². The molecule has 0 aliphatic heterocycles. The summed E-state index contributed by atoms with van der Waals surface area (Å²) in [6, 6.07) is 5.10. The third-order valence-electron chi connectivity index (χ3n) is 2.75. The standard InChI is InChI=1S/C14H16N4O2S/c1-3-15-12-6-11(4-5-13(12)18(19)20)9-21-14-16-7-10(2)8-17-14/h4-8,15H,3,9H2,1-2H3. The van der Waals surface area contributed by atoms with E-state index in [2.05, 4.69) is 15.3 Å². The van der Waals surface area contributed by atoms with E-state index in [0.29, 0.717) is 23.1 Å². The molecule has 2 rings (SSSR count). The average molecular weight is 304 g/mol. The largest absolute Gasteiger partial charge is 0.380 e. The summed E-state index contributed by atoms with van der Waals surface area (Å²) in [6.45, 7) is 4.48. The van der Waals surface area contributed by atoms with Crippen LogP contribution in [-0.2, 0) is 5.75 Å². The molecule has 110 valence electrons. The number of hydrogen-bond acceptors (Lipinski definition) is 6. The Morgan fingerprint density at radius 3 is 2.67 bits per heavy atom. The predicted octanol–water partition coefficient (Wildman–Crippen LogP) is 3.42. The zero-order valence-corrected chi connectivity index (χ0v) is 12.7. The topological polar surface area (TPSA) is 81.0 Å². The molecular formula is C14H16N4O2S. The quantitative estimate of drug-likeness (QED) is 0.381. The lowest BCUT2D eigenvalue weighted by atomic mass is 10.2. The molecule has 0 spiro atoms. The van der Waals surface area contributed by atoms with Gasteiger partial charge >= 0.3 is 0 Å². The number of rotatable bonds is 6. The summed E-state index contributed by atoms with van der Waals surface area (Å²) in [7, 11) is 0. The number of nitro benzene ring substituents is 1. The molecule has 1 aromatic carbocycles. The van der Waals surface area contributed by atoms with E-state index < -0.39 is 0 Å². The fraction of sp³-hybridized carbons (Fsp3) is 0.286. The summed E-state index contributed by atoms with van der Waals surface area (Å²) < 4.78 is 0. The summed E-state index contributed by atoms with van der Waals surface area (Å²) in [5, 5.41) is 14.7. The van der Waals surface area contributed by atoms with Crippen LogP contribution in [0.2, 0.25) is 0 Å². The minimum atomic E-state index is -0.377. The number of nitrogens with one attached hydrogen (secondary N) is 1. The second-order valence-corrected chi connectivity index (χ2v) is 5.41. The maximum Gasteiger partial charge on any atom is 0.292 e. The van der Waals surface area contributed by atoms with Gasteiger partial charge in [0.25, 0.3) is 5.69 Å². The van der Waals surface area contributed by atoms with Gasteiger partial charge in [0.05, 0.1) is 4.92 Å². The van der Waals surface area contributed by atoms with Crippen molar-refractivity contribution in [1.82, 2.24) is 9.97 Å². The maximum absolute atomic E-state index is 11.0. The zero-order valence-electron chi connectivity index (χ0n) is 11.9. The van der Waals surface area contributed by atoms with Crippen molar-refractivity contribution >= 4 is 23.1 Å². The highest BCUT2D eigenvalue weighted by atomic mass is 32.2. The number of hydrogen-bond donors (Lipinski definition) is 1. The van der Waals surface area contributed by atoms with Gasteiger partial charge < -0.3 is 5.32 Å². The second kappa shape index (κ2) is 7.03. The minimum Gasteiger partial charge on any atom is -0.380 e. The van der Waals surface area contributed by atoms with Gasteiger partial charge in [0.2, 0.25) is 0 Å². The van der Waals surface area contributed by atoms with Crippen molar-refractivity contribution in [1.29, 1.82) is 0 Å². The summed E-state index contributed by atoms with van der Waals surface area (Å²) in [6.07, 6.45) is 3.55. The zero-order chi connectivity index (χ0) is 15.2. The van der Waals surface area contributed by atoms with Crippen molar-refractivity contribution in [2.24, 2.45) is 0 Å². The van der Waals surface area contributed by atoms with Crippen molar-refractivity contribution in [2.45, 2.75) is 24.8 Å². The molecule has 7 heteroatoms. The van der Waals surface area contributed by atoms with E-state index in [1.807, 2.05) is 19.9 Å². The van der Waals surface area contributed by atoms with Crippen molar-refractivity contribution < 1.29 is 4.92 Å². The number of aryl methyl sites for hydroxylation is 1. The lowest BCUT2D eigenvalue weighted by Gasteiger charge is -2.07. The van der Waals surface area contributed by atoms with Crippen LogP contribution in [0.3, 0.4) is 0 Å². The highest BCUT2D eigenvalue weighted by Crippen LogP contribution is 2.28. The third-order valence-corrected chi connectivity index (χ3v) is 3.70. The molecule has 2 aromatic rings. The number of aromatic nitrogens is 2. The molecule has 1 N–H and O–H groups in total. The predicted molar refractivity (Wildman–Crippen MR) is 83.6 cm³/mol. The summed E-state index contributed by atoms with van der Waals surface area (Å²) in [5.41, 5.74) is 2.65. The molecule has 0 bridgehead atoms. The smallest absolute Gasteiger partial charge is 0.292 e. The Hall–Kier alpha value is -2.15. The summed E-state index contributed by atoms with van der Waals surface area (Å²) >= 11 is 1.50. The second-order valence-electron chi connectivity index (χ2n) is 4.47. The normalized spacial score (nSPS) is 10.4. The molecule has 0 aliphatic carbocycles. The molecule has 1 aromatic heterocycles. The molecule has 21 heavy (non-hydrogen) atoms. The molecule has 0 atom stereocenters. The molecular weight excluding hydrogens is 288 g/mol. The van der Waals surface area contributed by atoms with Gasteiger partial charge in [0.15, 0.2) is 5.16 Å². The van der Waals surface area contributed by atoms with Gasteiger partial charge in [-0.3, -0.25) is 10.1 Å². The van der Waals surface area contributed by atoms with Crippen molar-refractivity contribution in [3.8, 4) is 0 Å². The molecule has 0 saturated carbocycles. The van der Waals surface area contributed by atoms with Gasteiger partial charge in [-0.1, -0.05) is 17.8 Å². The Balaban J connectivity index is 2.11. The van der Waals surface area contributed by atoms with Gasteiger partial charge in [-0.25, -0.2) is 9.97 Å². The van der Waals surface area contributed by atoms with Crippen LogP contribution in [-0.4, -0.2) is 21.4 Å². The van der Waals surface area contributed by atoms with E-state index in [0.717, 1.165) is 11.1 Å². The molecule has 0 fully saturated rings. The Kier molecular flexibility index (Phi) is 5.10. The molecule has 1 heterocycles. The van der Waals surface area contributed by atoms with Gasteiger partial charge in [-0.2, -0.15) is 0 Å². The van der Waals surface area contributed by atoms with Crippen LogP contribution in [0.15, 0.2) is 35.7 Å². The van der Waals surface area contributed by atoms with Crippen LogP contribution in [0.5, 0.6) is 0 Å². The van der Waals surface area contributed by atoms with E-state index in [-0.39, 0.29) is 10.6 Å². The molecule has 0 unspecified atom stereocenters. The first kappa shape index (κ1) is 15.2. The van der Waals surface area contributed by atoms with Crippen LogP contribution in [0.25, 0.3) is 0 Å². The highest BCUT2D eigenvalue weighted by molar-refractivity contribution is 7.98. The fourth-order valence-corrected chi connectivity index (χ4v) is 2.50. The van der Waals surface area contributed by atoms with Gasteiger partial charge in [-0.05, 0) is 31.0 Å². The molecule has 0 amide bonds. The number of thioether (sulfide) groups is 1. The Morgan fingerprint density at radius 1 is 1.33 bits per heavy atom. The number of nitrogens with zero attached hydrogens (tertiary/aromatic N) is 3. The van der Waals surface area contributed by atoms with Crippen molar-refractivity contribution in [3.63, 3.8) is 0 Å². The lowest BCUT2D eigenvalue weighted by molar-refractivity contribution is -0.384. The molecule has 0 radical (unpaired) electrons. The van der Waals surface area contributed by atoms with E-state index in [1.165, 1.54) is 17.8 Å². The first-order valence-electron chi connectivity index (χ1n) is 6.52. The third kappa shape index (κ3) is 4.16. The van der Waals surface area contributed by atoms with Crippen LogP contribution in [0, 0.1) is 17.0 Å². The van der Waals surface area contributed by atoms with E-state index in [9.17, 15) is 10.1 Å². The van der Waals surface area contributed by atoms with Gasteiger partial charge in [0, 0.05) is 30.8 Å². The van der Waals surface area contributed by atoms with Gasteiger partial charge in [-0.15, -0.1) is 0 Å². The van der Waals surface area contributed by atoms with Crippen LogP contribution < -0.4 is 5.32 Å². The van der Waals surface area contributed by atoms with E-state index in [1.54, 1.807) is 18.5 Å². The average Bonchev–Trinajstić information content (AvgIpc) is 2.47. The van der Waals surface area contributed by atoms with E-state index in [4.69, 9.17) is 0 Å². The Morgan fingerprint density at radius 2 is 2.05 bits per heavy atom. The van der Waals surface area contributed by atoms with E-state index >= 15 is 0 Å². The van der Waals surface area contributed by atoms with Gasteiger partial charge in [0.1, 0.15) is 5.69 Å². The SMILES string of the molecule is CCNc1cc(CSc2ncc(C)cn2)ccc1[N+](=O)[O-]. The first-order chi connectivity index (χ1) is 10.1. The number of benzene rings is 1. The summed E-state index contributed by atoms with van der Waals surface area (Å²) in [4.78, 5) is 19.0. The summed E-state index contributed by atoms with van der Waals surface area (Å²) in [5.74, 6) is 0.666. The Labute approximate surface area is 127 Å². The van der Waals surface area contributed by atoms with Crippen LogP contribution >= 0.6 is 11.8 Å². The maximum atomic E-state index is 11.0. The lowest BCUT2D eigenvalue weighted by Crippen LogP contribution is -2.01. The molecule has 0 aliphatic rings. The minimum absolute atomic E-state index is 0.0946. The monoisotopic (exact) mass is 304 g/mol. The van der Waals surface area contributed by atoms with Crippen molar-refractivity contribution in [3.05, 3.63) is 51.8 Å². The fourth-order valence-electron chi connectivity index (χ4n) is 1.77. The molecule has 0 saturated heterocycles.